The molecule has 4 heteroatoms. The van der Waals surface area contributed by atoms with Gasteiger partial charge < -0.3 is 0 Å². The Bertz CT molecular complexity index is 1660. The molecular weight excluding hydrogens is 485 g/mol. The summed E-state index contributed by atoms with van der Waals surface area (Å²) in [7, 11) is 6.77. The quantitative estimate of drug-likeness (QED) is 0.226. The monoisotopic (exact) mass is 519 g/mol. The maximum atomic E-state index is 6.77. The van der Waals surface area contributed by atoms with Crippen LogP contribution in [0.3, 0.4) is 0 Å². The Kier molecular flexibility index (Phi) is 6.07. The summed E-state index contributed by atoms with van der Waals surface area (Å²) in [5.41, 5.74) is 8.51. The maximum absolute atomic E-state index is 6.77. The van der Waals surface area contributed by atoms with E-state index in [1.807, 2.05) is 60.7 Å². The summed E-state index contributed by atoms with van der Waals surface area (Å²) in [5, 5.41) is 0. The lowest BCUT2D eigenvalue weighted by Gasteiger charge is -2.44. The van der Waals surface area contributed by atoms with Gasteiger partial charge in [0.15, 0.2) is 17.5 Å². The molecule has 1 heterocycles. The van der Waals surface area contributed by atoms with Crippen molar-refractivity contribution in [3.8, 4) is 45.3 Å². The van der Waals surface area contributed by atoms with Gasteiger partial charge >= 0.3 is 0 Å². The van der Waals surface area contributed by atoms with Gasteiger partial charge in [-0.05, 0) is 44.6 Å². The van der Waals surface area contributed by atoms with Crippen LogP contribution in [0.4, 0.5) is 0 Å². The summed E-state index contributed by atoms with van der Waals surface area (Å²) in [6, 6.07) is 33.0. The molecule has 40 heavy (non-hydrogen) atoms. The van der Waals surface area contributed by atoms with Crippen LogP contribution < -0.4 is 5.46 Å². The zero-order valence-corrected chi connectivity index (χ0v) is 24.2. The van der Waals surface area contributed by atoms with E-state index in [1.165, 1.54) is 11.1 Å². The van der Waals surface area contributed by atoms with Gasteiger partial charge in [0, 0.05) is 16.7 Å². The zero-order chi connectivity index (χ0) is 28.3. The molecule has 0 spiro atoms. The summed E-state index contributed by atoms with van der Waals surface area (Å²) in [5.74, 6) is 1.94. The first kappa shape index (κ1) is 26.2. The van der Waals surface area contributed by atoms with E-state index in [2.05, 4.69) is 77.9 Å². The van der Waals surface area contributed by atoms with Crippen LogP contribution in [-0.2, 0) is 10.8 Å². The number of hydrogen-bond donors (Lipinski definition) is 0. The molecule has 2 radical (unpaired) electrons. The molecule has 0 amide bonds. The van der Waals surface area contributed by atoms with E-state index in [0.29, 0.717) is 17.5 Å². The molecule has 0 N–H and O–H groups in total. The number of aromatic nitrogens is 3. The molecule has 4 aromatic carbocycles. The van der Waals surface area contributed by atoms with Crippen molar-refractivity contribution in [1.82, 2.24) is 15.0 Å². The summed E-state index contributed by atoms with van der Waals surface area (Å²) in [6.07, 6.45) is 0. The van der Waals surface area contributed by atoms with E-state index in [1.54, 1.807) is 0 Å². The van der Waals surface area contributed by atoms with Crippen LogP contribution >= 0.6 is 0 Å². The van der Waals surface area contributed by atoms with E-state index in [9.17, 15) is 0 Å². The van der Waals surface area contributed by atoms with Crippen molar-refractivity contribution < 1.29 is 0 Å². The Balaban J connectivity index is 1.50. The van der Waals surface area contributed by atoms with E-state index in [4.69, 9.17) is 22.8 Å². The molecule has 0 aliphatic heterocycles. The molecular formula is C36H34BN3. The predicted octanol–water partition coefficient (Wildman–Crippen LogP) is 7.93. The van der Waals surface area contributed by atoms with E-state index < -0.39 is 0 Å². The normalized spacial score (nSPS) is 16.4. The first-order valence-electron chi connectivity index (χ1n) is 13.9. The van der Waals surface area contributed by atoms with Crippen molar-refractivity contribution in [3.05, 3.63) is 108 Å². The van der Waals surface area contributed by atoms with Crippen LogP contribution in [0.25, 0.3) is 45.3 Å². The van der Waals surface area contributed by atoms with E-state index in [0.717, 1.165) is 33.3 Å². The Hall–Kier alpha value is -4.05. The average Bonchev–Trinajstić information content (AvgIpc) is 3.07. The number of nitrogens with zero attached hydrogens (tertiary/aromatic N) is 3. The maximum Gasteiger partial charge on any atom is 0.164 e. The minimum atomic E-state index is -0.00469. The van der Waals surface area contributed by atoms with Gasteiger partial charge in [0.2, 0.25) is 0 Å². The van der Waals surface area contributed by atoms with Gasteiger partial charge in [-0.15, -0.1) is 0 Å². The summed E-state index contributed by atoms with van der Waals surface area (Å²) in [4.78, 5) is 14.7. The van der Waals surface area contributed by atoms with Gasteiger partial charge in [0.05, 0.1) is 0 Å². The molecule has 1 aliphatic rings. The minimum Gasteiger partial charge on any atom is -0.208 e. The lowest BCUT2D eigenvalue weighted by atomic mass is 9.59. The number of fused-ring (bicyclic) bond motifs is 1. The third-order valence-electron chi connectivity index (χ3n) is 9.79. The molecule has 6 rings (SSSR count). The molecule has 1 aliphatic carbocycles. The Labute approximate surface area is 239 Å². The molecule has 0 saturated carbocycles. The molecule has 0 fully saturated rings. The lowest BCUT2D eigenvalue weighted by molar-refractivity contribution is 0.125. The van der Waals surface area contributed by atoms with E-state index in [-0.39, 0.29) is 16.2 Å². The van der Waals surface area contributed by atoms with Crippen molar-refractivity contribution >= 4 is 13.3 Å². The SMILES string of the molecule is [B]c1cc2c(cc1-c1cccc(-c3nc(-c4ccccc4)nc(-c4ccccc4)n3)c1)C(C)(C)C(C)(C)C2(C)C. The molecule has 196 valence electrons. The van der Waals surface area contributed by atoms with Crippen LogP contribution in [0.5, 0.6) is 0 Å². The fourth-order valence-electron chi connectivity index (χ4n) is 6.12. The second-order valence-corrected chi connectivity index (χ2v) is 12.5. The Morgan fingerprint density at radius 2 is 0.900 bits per heavy atom. The topological polar surface area (TPSA) is 38.7 Å². The Morgan fingerprint density at radius 1 is 0.475 bits per heavy atom. The summed E-state index contributed by atoms with van der Waals surface area (Å²) in [6.45, 7) is 14.2. The largest absolute Gasteiger partial charge is 0.208 e. The number of rotatable bonds is 4. The van der Waals surface area contributed by atoms with Crippen LogP contribution in [-0.4, -0.2) is 22.8 Å². The van der Waals surface area contributed by atoms with Gasteiger partial charge in [-0.1, -0.05) is 138 Å². The molecule has 1 aromatic heterocycles. The minimum absolute atomic E-state index is 0.00469. The average molecular weight is 520 g/mol. The van der Waals surface area contributed by atoms with Crippen molar-refractivity contribution in [1.29, 1.82) is 0 Å². The molecule has 0 unspecified atom stereocenters. The summed E-state index contributed by atoms with van der Waals surface area (Å²) < 4.78 is 0. The number of hydrogen-bond acceptors (Lipinski definition) is 3. The van der Waals surface area contributed by atoms with Crippen LogP contribution in [0.15, 0.2) is 97.1 Å². The smallest absolute Gasteiger partial charge is 0.164 e. The highest BCUT2D eigenvalue weighted by molar-refractivity contribution is 6.36. The molecule has 0 atom stereocenters. The second kappa shape index (κ2) is 9.26. The zero-order valence-electron chi connectivity index (χ0n) is 24.2. The molecule has 5 aromatic rings. The van der Waals surface area contributed by atoms with Crippen molar-refractivity contribution in [2.24, 2.45) is 5.41 Å². The van der Waals surface area contributed by atoms with Crippen molar-refractivity contribution in [2.45, 2.75) is 52.4 Å². The summed E-state index contributed by atoms with van der Waals surface area (Å²) >= 11 is 0. The second-order valence-electron chi connectivity index (χ2n) is 12.5. The van der Waals surface area contributed by atoms with Gasteiger partial charge in [0.1, 0.15) is 7.85 Å². The van der Waals surface area contributed by atoms with Gasteiger partial charge in [0.25, 0.3) is 0 Å². The van der Waals surface area contributed by atoms with Crippen LogP contribution in [0.1, 0.15) is 52.7 Å². The van der Waals surface area contributed by atoms with Gasteiger partial charge in [-0.25, -0.2) is 15.0 Å². The van der Waals surface area contributed by atoms with Gasteiger partial charge in [-0.2, -0.15) is 0 Å². The highest BCUT2D eigenvalue weighted by Gasteiger charge is 2.56. The Morgan fingerprint density at radius 3 is 1.43 bits per heavy atom. The lowest BCUT2D eigenvalue weighted by Crippen LogP contribution is -2.42. The first-order valence-corrected chi connectivity index (χ1v) is 13.9. The van der Waals surface area contributed by atoms with Crippen LogP contribution in [0.2, 0.25) is 0 Å². The molecule has 0 saturated heterocycles. The first-order chi connectivity index (χ1) is 19.0. The third-order valence-corrected chi connectivity index (χ3v) is 9.79. The standard InChI is InChI=1S/C36H34BN3/c1-34(2)28-21-27(30(37)22-29(28)35(3,4)36(34,5)6)25-18-13-19-26(20-25)33-39-31(23-14-9-7-10-15-23)38-32(40-33)24-16-11-8-12-17-24/h7-22H,1-6H3. The predicted molar refractivity (Wildman–Crippen MR) is 167 cm³/mol. The van der Waals surface area contributed by atoms with Crippen molar-refractivity contribution in [2.75, 3.05) is 0 Å². The van der Waals surface area contributed by atoms with Gasteiger partial charge in [-0.3, -0.25) is 0 Å². The van der Waals surface area contributed by atoms with E-state index >= 15 is 0 Å². The third kappa shape index (κ3) is 4.01. The highest BCUT2D eigenvalue weighted by Crippen LogP contribution is 2.61. The number of benzene rings is 4. The van der Waals surface area contributed by atoms with Crippen LogP contribution in [0, 0.1) is 5.41 Å². The highest BCUT2D eigenvalue weighted by atomic mass is 15.0. The fraction of sp³-hybridized carbons (Fsp3) is 0.250. The van der Waals surface area contributed by atoms with Crippen molar-refractivity contribution in [3.63, 3.8) is 0 Å². The molecule has 3 nitrogen and oxygen atoms in total. The molecule has 0 bridgehead atoms. The fourth-order valence-corrected chi connectivity index (χ4v) is 6.12.